The number of rotatable bonds is 2. The molecule has 4 atom stereocenters. The number of nitrogens with zero attached hydrogens (tertiary/aromatic N) is 3. The molecule has 5 nitrogen and oxygen atoms in total. The molecule has 2 N–H and O–H groups in total. The number of ether oxygens (including phenoxy) is 1. The van der Waals surface area contributed by atoms with Crippen molar-refractivity contribution in [3.05, 3.63) is 0 Å². The first-order valence-electron chi connectivity index (χ1n) is 7.69. The van der Waals surface area contributed by atoms with Crippen LogP contribution in [0.4, 0.5) is 0 Å². The predicted octanol–water partition coefficient (Wildman–Crippen LogP) is 0.260. The number of aliphatic imine (C=N–C) groups is 1. The molecule has 1 spiro atoms. The molecule has 3 fully saturated rings. The van der Waals surface area contributed by atoms with Crippen LogP contribution in [-0.2, 0) is 4.74 Å². The van der Waals surface area contributed by atoms with Gasteiger partial charge in [-0.05, 0) is 38.1 Å². The van der Waals surface area contributed by atoms with Crippen LogP contribution in [0.1, 0.15) is 25.7 Å². The number of guanidine groups is 1. The Morgan fingerprint density at radius 3 is 3.16 bits per heavy atom. The largest absolute Gasteiger partial charge is 0.376 e. The van der Waals surface area contributed by atoms with E-state index in [0.717, 1.165) is 31.6 Å². The molecule has 106 valence electrons. The molecule has 0 aromatic rings. The van der Waals surface area contributed by atoms with Crippen molar-refractivity contribution in [1.82, 2.24) is 9.80 Å². The van der Waals surface area contributed by atoms with Crippen molar-refractivity contribution in [2.24, 2.45) is 16.6 Å². The molecular formula is C14H24N4O. The minimum atomic E-state index is 0.211. The molecule has 19 heavy (non-hydrogen) atoms. The van der Waals surface area contributed by atoms with Gasteiger partial charge in [0, 0.05) is 26.2 Å². The molecule has 2 bridgehead atoms. The van der Waals surface area contributed by atoms with Crippen molar-refractivity contribution in [2.45, 2.75) is 37.3 Å². The van der Waals surface area contributed by atoms with Gasteiger partial charge in [0.15, 0.2) is 5.96 Å². The summed E-state index contributed by atoms with van der Waals surface area (Å²) in [4.78, 5) is 9.60. The Labute approximate surface area is 114 Å². The molecule has 4 unspecified atom stereocenters. The smallest absolute Gasteiger partial charge is 0.191 e. The second kappa shape index (κ2) is 4.35. The van der Waals surface area contributed by atoms with Gasteiger partial charge in [-0.15, -0.1) is 0 Å². The summed E-state index contributed by atoms with van der Waals surface area (Å²) in [5.41, 5.74) is 6.41. The van der Waals surface area contributed by atoms with E-state index in [1.807, 2.05) is 0 Å². The SMILES string of the molecule is NC1=NCC2(CCN3CCC2C3)N1CC1CCCO1. The Kier molecular flexibility index (Phi) is 2.74. The third kappa shape index (κ3) is 1.78. The van der Waals surface area contributed by atoms with Gasteiger partial charge in [0.05, 0.1) is 18.2 Å². The average molecular weight is 264 g/mol. The first-order valence-corrected chi connectivity index (χ1v) is 7.69. The van der Waals surface area contributed by atoms with Gasteiger partial charge in [0.25, 0.3) is 0 Å². The molecule has 0 radical (unpaired) electrons. The first-order chi connectivity index (χ1) is 9.28. The number of hydrogen-bond acceptors (Lipinski definition) is 5. The van der Waals surface area contributed by atoms with Crippen LogP contribution in [0.25, 0.3) is 0 Å². The minimum Gasteiger partial charge on any atom is -0.376 e. The molecular weight excluding hydrogens is 240 g/mol. The highest BCUT2D eigenvalue weighted by Crippen LogP contribution is 2.42. The lowest BCUT2D eigenvalue weighted by Crippen LogP contribution is -2.61. The van der Waals surface area contributed by atoms with Crippen molar-refractivity contribution in [3.63, 3.8) is 0 Å². The molecule has 4 rings (SSSR count). The Morgan fingerprint density at radius 1 is 1.37 bits per heavy atom. The molecule has 5 heteroatoms. The molecule has 0 aromatic carbocycles. The second-order valence-electron chi connectivity index (χ2n) is 6.56. The van der Waals surface area contributed by atoms with Crippen LogP contribution >= 0.6 is 0 Å². The van der Waals surface area contributed by atoms with Gasteiger partial charge >= 0.3 is 0 Å². The summed E-state index contributed by atoms with van der Waals surface area (Å²) in [6.07, 6.45) is 5.26. The maximum absolute atomic E-state index is 6.20. The van der Waals surface area contributed by atoms with Gasteiger partial charge in [0.2, 0.25) is 0 Å². The van der Waals surface area contributed by atoms with Crippen molar-refractivity contribution < 1.29 is 4.74 Å². The predicted molar refractivity (Wildman–Crippen MR) is 74.1 cm³/mol. The number of nitrogens with two attached hydrogens (primary N) is 1. The highest BCUT2D eigenvalue weighted by molar-refractivity contribution is 5.81. The lowest BCUT2D eigenvalue weighted by Gasteiger charge is -2.47. The van der Waals surface area contributed by atoms with E-state index in [0.29, 0.717) is 6.10 Å². The zero-order valence-electron chi connectivity index (χ0n) is 11.6. The van der Waals surface area contributed by atoms with E-state index in [2.05, 4.69) is 14.8 Å². The maximum Gasteiger partial charge on any atom is 0.191 e. The van der Waals surface area contributed by atoms with Crippen molar-refractivity contribution in [2.75, 3.05) is 39.3 Å². The third-order valence-electron chi connectivity index (χ3n) is 5.63. The summed E-state index contributed by atoms with van der Waals surface area (Å²) in [5.74, 6) is 1.50. The van der Waals surface area contributed by atoms with Crippen LogP contribution in [0.3, 0.4) is 0 Å². The van der Waals surface area contributed by atoms with Crippen LogP contribution in [-0.4, -0.2) is 66.7 Å². The molecule has 4 aliphatic rings. The van der Waals surface area contributed by atoms with E-state index in [-0.39, 0.29) is 5.54 Å². The molecule has 0 aliphatic carbocycles. The summed E-state index contributed by atoms with van der Waals surface area (Å²) < 4.78 is 5.81. The van der Waals surface area contributed by atoms with Gasteiger partial charge in [-0.25, -0.2) is 0 Å². The summed E-state index contributed by atoms with van der Waals surface area (Å²) in [7, 11) is 0. The van der Waals surface area contributed by atoms with Crippen molar-refractivity contribution >= 4 is 5.96 Å². The average Bonchev–Trinajstić information content (AvgIpc) is 3.11. The zero-order chi connectivity index (χ0) is 12.9. The van der Waals surface area contributed by atoms with Gasteiger partial charge in [-0.3, -0.25) is 4.99 Å². The maximum atomic E-state index is 6.20. The molecule has 3 saturated heterocycles. The van der Waals surface area contributed by atoms with Gasteiger partial charge in [-0.2, -0.15) is 0 Å². The Morgan fingerprint density at radius 2 is 2.32 bits per heavy atom. The molecule has 0 amide bonds. The molecule has 4 heterocycles. The summed E-state index contributed by atoms with van der Waals surface area (Å²) in [5, 5.41) is 0. The fourth-order valence-corrected chi connectivity index (χ4v) is 4.48. The quantitative estimate of drug-likeness (QED) is 0.777. The normalized spacial score (nSPS) is 45.2. The topological polar surface area (TPSA) is 54.1 Å². The van der Waals surface area contributed by atoms with E-state index in [1.165, 1.54) is 45.3 Å². The Hall–Kier alpha value is -0.810. The van der Waals surface area contributed by atoms with Crippen molar-refractivity contribution in [3.8, 4) is 0 Å². The lowest BCUT2D eigenvalue weighted by atomic mass is 9.78. The van der Waals surface area contributed by atoms with E-state index in [9.17, 15) is 0 Å². The van der Waals surface area contributed by atoms with Crippen LogP contribution < -0.4 is 5.73 Å². The van der Waals surface area contributed by atoms with E-state index >= 15 is 0 Å². The van der Waals surface area contributed by atoms with E-state index in [4.69, 9.17) is 10.5 Å². The Bertz CT molecular complexity index is 393. The second-order valence-corrected chi connectivity index (χ2v) is 6.56. The monoisotopic (exact) mass is 264 g/mol. The third-order valence-corrected chi connectivity index (χ3v) is 5.63. The fourth-order valence-electron chi connectivity index (χ4n) is 4.48. The zero-order valence-corrected chi connectivity index (χ0v) is 11.6. The highest BCUT2D eigenvalue weighted by atomic mass is 16.5. The van der Waals surface area contributed by atoms with E-state index < -0.39 is 0 Å². The molecule has 4 aliphatic heterocycles. The summed E-state index contributed by atoms with van der Waals surface area (Å²) >= 11 is 0. The van der Waals surface area contributed by atoms with Gasteiger partial charge < -0.3 is 20.3 Å². The highest BCUT2D eigenvalue weighted by Gasteiger charge is 2.53. The van der Waals surface area contributed by atoms with E-state index in [1.54, 1.807) is 0 Å². The van der Waals surface area contributed by atoms with Crippen LogP contribution in [0.5, 0.6) is 0 Å². The van der Waals surface area contributed by atoms with Crippen LogP contribution in [0, 0.1) is 5.92 Å². The number of hydrogen-bond donors (Lipinski definition) is 1. The van der Waals surface area contributed by atoms with Crippen molar-refractivity contribution in [1.29, 1.82) is 0 Å². The number of piperidine rings is 1. The van der Waals surface area contributed by atoms with Crippen LogP contribution in [0.15, 0.2) is 4.99 Å². The lowest BCUT2D eigenvalue weighted by molar-refractivity contribution is 0.0256. The Balaban J connectivity index is 1.56. The first kappa shape index (κ1) is 12.0. The number of fused-ring (bicyclic) bond motifs is 3. The van der Waals surface area contributed by atoms with Gasteiger partial charge in [-0.1, -0.05) is 0 Å². The minimum absolute atomic E-state index is 0.211. The molecule has 0 saturated carbocycles. The van der Waals surface area contributed by atoms with Crippen LogP contribution in [0.2, 0.25) is 0 Å². The summed E-state index contributed by atoms with van der Waals surface area (Å²) in [6, 6.07) is 0. The standard InChI is InChI=1S/C14H24N4O/c15-13-16-10-14(4-6-17-5-3-11(14)8-17)18(13)9-12-2-1-7-19-12/h11-12H,1-10H2,(H2,15,16). The fraction of sp³-hybridized carbons (Fsp3) is 0.929. The summed E-state index contributed by atoms with van der Waals surface area (Å²) in [6.45, 7) is 6.49. The molecule has 0 aromatic heterocycles. The van der Waals surface area contributed by atoms with Gasteiger partial charge in [0.1, 0.15) is 0 Å².